The topological polar surface area (TPSA) is 68.3 Å². The molecule has 1 heterocycles. The van der Waals surface area contributed by atoms with Gasteiger partial charge in [0.25, 0.3) is 5.91 Å². The monoisotopic (exact) mass is 460 g/mol. The fourth-order valence-corrected chi connectivity index (χ4v) is 4.33. The predicted molar refractivity (Wildman–Crippen MR) is 131 cm³/mol. The van der Waals surface area contributed by atoms with E-state index in [0.717, 1.165) is 11.1 Å². The van der Waals surface area contributed by atoms with Crippen LogP contribution in [0, 0.1) is 13.8 Å². The van der Waals surface area contributed by atoms with Crippen LogP contribution >= 0.6 is 0 Å². The smallest absolute Gasteiger partial charge is 0.255 e. The maximum Gasteiger partial charge on any atom is 0.255 e. The number of carbonyl (C=O) groups excluding carboxylic acids is 2. The van der Waals surface area contributed by atoms with Crippen molar-refractivity contribution in [3.8, 4) is 17.2 Å². The third kappa shape index (κ3) is 4.17. The summed E-state index contributed by atoms with van der Waals surface area (Å²) in [5.74, 6) is 1.28. The van der Waals surface area contributed by atoms with Crippen molar-refractivity contribution in [3.63, 3.8) is 0 Å². The number of rotatable bonds is 6. The van der Waals surface area contributed by atoms with E-state index >= 15 is 0 Å². The van der Waals surface area contributed by atoms with Crippen LogP contribution in [-0.4, -0.2) is 39.7 Å². The number of piperazine rings is 1. The minimum atomic E-state index is -0.857. The van der Waals surface area contributed by atoms with Gasteiger partial charge in [-0.05, 0) is 55.3 Å². The van der Waals surface area contributed by atoms with Crippen LogP contribution in [-0.2, 0) is 9.59 Å². The van der Waals surface area contributed by atoms with Crippen LogP contribution < -0.4 is 24.0 Å². The molecule has 0 spiro atoms. The summed E-state index contributed by atoms with van der Waals surface area (Å²) in [5.41, 5.74) is 3.89. The predicted octanol–water partition coefficient (Wildman–Crippen LogP) is 4.45. The molecule has 2 amide bonds. The molecule has 34 heavy (non-hydrogen) atoms. The maximum atomic E-state index is 14.1. The summed E-state index contributed by atoms with van der Waals surface area (Å²) < 4.78 is 16.2. The number of hydrogen-bond acceptors (Lipinski definition) is 5. The number of methoxy groups -OCH3 is 3. The molecule has 0 radical (unpaired) electrons. The van der Waals surface area contributed by atoms with E-state index < -0.39 is 6.04 Å². The summed E-state index contributed by atoms with van der Waals surface area (Å²) in [5, 5.41) is 0. The Hall–Kier alpha value is -4.00. The van der Waals surface area contributed by atoms with Gasteiger partial charge in [-0.15, -0.1) is 0 Å². The molecular formula is C27H28N2O5. The molecule has 0 aliphatic carbocycles. The van der Waals surface area contributed by atoms with Gasteiger partial charge in [0.2, 0.25) is 5.91 Å². The van der Waals surface area contributed by atoms with Crippen LogP contribution in [0.1, 0.15) is 22.7 Å². The zero-order chi connectivity index (χ0) is 24.4. The first-order valence-electron chi connectivity index (χ1n) is 10.9. The Morgan fingerprint density at radius 3 is 2.06 bits per heavy atom. The van der Waals surface area contributed by atoms with E-state index in [1.807, 2.05) is 44.2 Å². The average Bonchev–Trinajstić information content (AvgIpc) is 2.85. The highest BCUT2D eigenvalue weighted by molar-refractivity contribution is 6.15. The summed E-state index contributed by atoms with van der Waals surface area (Å²) >= 11 is 0. The van der Waals surface area contributed by atoms with Crippen molar-refractivity contribution >= 4 is 23.2 Å². The zero-order valence-corrected chi connectivity index (χ0v) is 20.0. The molecule has 0 N–H and O–H groups in total. The van der Waals surface area contributed by atoms with Gasteiger partial charge in [-0.3, -0.25) is 19.4 Å². The Bertz CT molecular complexity index is 1220. The number of ether oxygens (including phenoxy) is 3. The van der Waals surface area contributed by atoms with Crippen LogP contribution in [0.15, 0.2) is 60.7 Å². The maximum absolute atomic E-state index is 14.1. The van der Waals surface area contributed by atoms with Gasteiger partial charge in [-0.2, -0.15) is 0 Å². The van der Waals surface area contributed by atoms with E-state index in [2.05, 4.69) is 0 Å². The van der Waals surface area contributed by atoms with Gasteiger partial charge >= 0.3 is 0 Å². The van der Waals surface area contributed by atoms with Gasteiger partial charge in [0, 0.05) is 11.8 Å². The van der Waals surface area contributed by atoms with E-state index in [4.69, 9.17) is 14.2 Å². The lowest BCUT2D eigenvalue weighted by Gasteiger charge is -2.41. The number of nitrogens with zero attached hydrogens (tertiary/aromatic N) is 2. The Morgan fingerprint density at radius 2 is 1.44 bits per heavy atom. The number of aryl methyl sites for hydroxylation is 2. The van der Waals surface area contributed by atoms with E-state index in [1.165, 1.54) is 12.0 Å². The molecule has 1 atom stereocenters. The first-order valence-corrected chi connectivity index (χ1v) is 10.9. The lowest BCUT2D eigenvalue weighted by molar-refractivity contribution is -0.128. The largest absolute Gasteiger partial charge is 0.497 e. The second-order valence-electron chi connectivity index (χ2n) is 8.19. The Balaban J connectivity index is 1.86. The van der Waals surface area contributed by atoms with E-state index in [-0.39, 0.29) is 18.4 Å². The second kappa shape index (κ2) is 9.47. The zero-order valence-electron chi connectivity index (χ0n) is 20.0. The van der Waals surface area contributed by atoms with Crippen LogP contribution in [0.4, 0.5) is 11.4 Å². The van der Waals surface area contributed by atoms with Crippen molar-refractivity contribution in [1.82, 2.24) is 0 Å². The molecule has 0 bridgehead atoms. The Kier molecular flexibility index (Phi) is 6.45. The minimum absolute atomic E-state index is 0.123. The molecule has 7 heteroatoms. The molecule has 1 aliphatic rings. The van der Waals surface area contributed by atoms with Crippen LogP contribution in [0.5, 0.6) is 17.2 Å². The van der Waals surface area contributed by atoms with Gasteiger partial charge in [-0.25, -0.2) is 0 Å². The molecule has 4 rings (SSSR count). The molecule has 176 valence electrons. The van der Waals surface area contributed by atoms with Crippen molar-refractivity contribution < 1.29 is 23.8 Å². The lowest BCUT2D eigenvalue weighted by atomic mass is 9.97. The molecule has 1 unspecified atom stereocenters. The van der Waals surface area contributed by atoms with Crippen molar-refractivity contribution in [1.29, 1.82) is 0 Å². The number of hydrogen-bond donors (Lipinski definition) is 0. The van der Waals surface area contributed by atoms with E-state index in [9.17, 15) is 9.59 Å². The number of anilines is 2. The molecule has 0 saturated carbocycles. The van der Waals surface area contributed by atoms with Gasteiger partial charge in [0.1, 0.15) is 29.8 Å². The van der Waals surface area contributed by atoms with Gasteiger partial charge in [0.15, 0.2) is 0 Å². The second-order valence-corrected chi connectivity index (χ2v) is 8.19. The quantitative estimate of drug-likeness (QED) is 0.544. The first-order chi connectivity index (χ1) is 16.4. The van der Waals surface area contributed by atoms with Crippen molar-refractivity contribution in [3.05, 3.63) is 77.4 Å². The molecule has 0 aromatic heterocycles. The third-order valence-corrected chi connectivity index (χ3v) is 6.04. The molecule has 1 fully saturated rings. The lowest BCUT2D eigenvalue weighted by Crippen LogP contribution is -2.56. The van der Waals surface area contributed by atoms with Gasteiger partial charge in [0.05, 0.1) is 27.0 Å². The number of benzene rings is 3. The van der Waals surface area contributed by atoms with E-state index in [1.54, 1.807) is 49.5 Å². The SMILES string of the molecule is COc1ccc(C2C(=O)N(c3cc(OC)ccc3OC)CC(=O)N2c2ccc(C)cc2C)cc1. The minimum Gasteiger partial charge on any atom is -0.497 e. The van der Waals surface area contributed by atoms with Crippen LogP contribution in [0.3, 0.4) is 0 Å². The normalized spacial score (nSPS) is 16.0. The summed E-state index contributed by atoms with van der Waals surface area (Å²) in [7, 11) is 4.67. The third-order valence-electron chi connectivity index (χ3n) is 6.04. The number of amides is 2. The molecular weight excluding hydrogens is 432 g/mol. The average molecular weight is 461 g/mol. The fraction of sp³-hybridized carbons (Fsp3) is 0.259. The standard InChI is InChI=1S/C27H28N2O5/c1-17-6-12-22(18(2)14-17)29-25(30)16-28(23-15-21(33-4)11-13-24(23)34-5)27(31)26(29)19-7-9-20(32-3)10-8-19/h6-15,26H,16H2,1-5H3. The van der Waals surface area contributed by atoms with E-state index in [0.29, 0.717) is 34.2 Å². The summed E-state index contributed by atoms with van der Waals surface area (Å²) in [6.07, 6.45) is 0. The Labute approximate surface area is 199 Å². The van der Waals surface area contributed by atoms with Gasteiger partial charge in [-0.1, -0.05) is 29.8 Å². The highest BCUT2D eigenvalue weighted by atomic mass is 16.5. The van der Waals surface area contributed by atoms with Crippen LogP contribution in [0.2, 0.25) is 0 Å². The summed E-state index contributed by atoms with van der Waals surface area (Å²) in [4.78, 5) is 30.8. The van der Waals surface area contributed by atoms with Crippen molar-refractivity contribution in [2.45, 2.75) is 19.9 Å². The highest BCUT2D eigenvalue weighted by Gasteiger charge is 2.43. The molecule has 3 aromatic carbocycles. The number of carbonyl (C=O) groups is 2. The van der Waals surface area contributed by atoms with Crippen molar-refractivity contribution in [2.75, 3.05) is 37.7 Å². The molecule has 1 saturated heterocycles. The summed E-state index contributed by atoms with van der Waals surface area (Å²) in [6, 6.07) is 17.4. The van der Waals surface area contributed by atoms with Gasteiger partial charge < -0.3 is 14.2 Å². The molecule has 7 nitrogen and oxygen atoms in total. The summed E-state index contributed by atoms with van der Waals surface area (Å²) in [6.45, 7) is 3.82. The van der Waals surface area contributed by atoms with Crippen LogP contribution in [0.25, 0.3) is 0 Å². The van der Waals surface area contributed by atoms with Crippen molar-refractivity contribution in [2.24, 2.45) is 0 Å². The first kappa shape index (κ1) is 23.2. The molecule has 3 aromatic rings. The molecule has 1 aliphatic heterocycles. The Morgan fingerprint density at radius 1 is 0.765 bits per heavy atom. The highest BCUT2D eigenvalue weighted by Crippen LogP contribution is 2.40. The fourth-order valence-electron chi connectivity index (χ4n) is 4.33.